The van der Waals surface area contributed by atoms with Crippen LogP contribution < -0.4 is 5.32 Å². The van der Waals surface area contributed by atoms with Gasteiger partial charge in [0.2, 0.25) is 0 Å². The molecule has 1 aromatic heterocycles. The fraction of sp³-hybridized carbons (Fsp3) is 0.429. The number of nitrogens with zero attached hydrogens (tertiary/aromatic N) is 1. The van der Waals surface area contributed by atoms with E-state index in [1.807, 2.05) is 43.3 Å². The number of likely N-dealkylation sites (tertiary alicyclic amines) is 1. The van der Waals surface area contributed by atoms with Gasteiger partial charge in [-0.1, -0.05) is 30.3 Å². The Balaban J connectivity index is 1.89. The first-order chi connectivity index (χ1) is 13.0. The number of esters is 1. The zero-order valence-corrected chi connectivity index (χ0v) is 17.7. The van der Waals surface area contributed by atoms with E-state index in [9.17, 15) is 4.79 Å². The third-order valence-corrected chi connectivity index (χ3v) is 6.35. The minimum absolute atomic E-state index is 0.319. The molecule has 1 saturated heterocycles. The molecule has 144 valence electrons. The summed E-state index contributed by atoms with van der Waals surface area (Å²) in [5.74, 6) is -0.319. The highest BCUT2D eigenvalue weighted by molar-refractivity contribution is 7.80. The molecule has 2 atom stereocenters. The van der Waals surface area contributed by atoms with E-state index in [-0.39, 0.29) is 5.97 Å². The maximum Gasteiger partial charge on any atom is 0.341 e. The highest BCUT2D eigenvalue weighted by Crippen LogP contribution is 2.36. The Labute approximate surface area is 170 Å². The van der Waals surface area contributed by atoms with Gasteiger partial charge in [-0.25, -0.2) is 4.79 Å². The van der Waals surface area contributed by atoms with Crippen molar-refractivity contribution in [1.29, 1.82) is 0 Å². The van der Waals surface area contributed by atoms with Gasteiger partial charge in [-0.3, -0.25) is 0 Å². The van der Waals surface area contributed by atoms with Crippen LogP contribution in [0.5, 0.6) is 0 Å². The maximum atomic E-state index is 12.5. The molecule has 1 N–H and O–H groups in total. The van der Waals surface area contributed by atoms with Gasteiger partial charge >= 0.3 is 5.97 Å². The maximum absolute atomic E-state index is 12.5. The van der Waals surface area contributed by atoms with Crippen molar-refractivity contribution in [3.05, 3.63) is 42.0 Å². The fourth-order valence-electron chi connectivity index (χ4n) is 3.57. The van der Waals surface area contributed by atoms with E-state index >= 15 is 0 Å². The number of piperidine rings is 1. The van der Waals surface area contributed by atoms with Crippen LogP contribution in [0, 0.1) is 0 Å². The van der Waals surface area contributed by atoms with E-state index in [4.69, 9.17) is 17.0 Å². The quantitative estimate of drug-likeness (QED) is 0.536. The molecule has 2 heterocycles. The highest BCUT2D eigenvalue weighted by Gasteiger charge is 2.28. The Hall–Kier alpha value is -1.92. The molecule has 0 spiro atoms. The molecule has 0 amide bonds. The fourth-order valence-corrected chi connectivity index (χ4v) is 5.15. The number of rotatable bonds is 4. The number of anilines is 1. The Morgan fingerprint density at radius 3 is 2.56 bits per heavy atom. The number of hydrogen-bond donors (Lipinski definition) is 1. The molecule has 1 aromatic carbocycles. The Morgan fingerprint density at radius 1 is 1.26 bits per heavy atom. The van der Waals surface area contributed by atoms with Gasteiger partial charge in [0.15, 0.2) is 5.11 Å². The van der Waals surface area contributed by atoms with Crippen LogP contribution in [0.4, 0.5) is 5.00 Å². The van der Waals surface area contributed by atoms with Crippen molar-refractivity contribution < 1.29 is 9.53 Å². The molecule has 4 nitrogen and oxygen atoms in total. The predicted octanol–water partition coefficient (Wildman–Crippen LogP) is 5.55. The first kappa shape index (κ1) is 19.8. The molecule has 6 heteroatoms. The number of nitrogens with one attached hydrogen (secondary N) is 1. The van der Waals surface area contributed by atoms with Gasteiger partial charge in [-0.2, -0.15) is 0 Å². The van der Waals surface area contributed by atoms with E-state index in [1.54, 1.807) is 0 Å². The molecule has 1 aliphatic rings. The predicted molar refractivity (Wildman–Crippen MR) is 117 cm³/mol. The molecule has 1 fully saturated rings. The second kappa shape index (κ2) is 8.85. The summed E-state index contributed by atoms with van der Waals surface area (Å²) in [6, 6.07) is 12.7. The monoisotopic (exact) mass is 402 g/mol. The summed E-state index contributed by atoms with van der Waals surface area (Å²) >= 11 is 7.25. The number of hydrogen-bond acceptors (Lipinski definition) is 4. The lowest BCUT2D eigenvalue weighted by Gasteiger charge is -2.40. The lowest BCUT2D eigenvalue weighted by atomic mass is 9.98. The zero-order chi connectivity index (χ0) is 19.4. The molecular weight excluding hydrogens is 376 g/mol. The third kappa shape index (κ3) is 4.50. The molecule has 0 bridgehead atoms. The lowest BCUT2D eigenvalue weighted by molar-refractivity contribution is 0.0528. The Kier molecular flexibility index (Phi) is 6.50. The summed E-state index contributed by atoms with van der Waals surface area (Å²) in [7, 11) is 0. The highest BCUT2D eigenvalue weighted by atomic mass is 32.1. The Morgan fingerprint density at radius 2 is 1.93 bits per heavy atom. The lowest BCUT2D eigenvalue weighted by Crippen LogP contribution is -2.49. The molecule has 1 aliphatic heterocycles. The number of benzene rings is 1. The van der Waals surface area contributed by atoms with Crippen molar-refractivity contribution in [3.63, 3.8) is 0 Å². The molecule has 0 saturated carbocycles. The summed E-state index contributed by atoms with van der Waals surface area (Å²) in [4.78, 5) is 15.8. The smallest absolute Gasteiger partial charge is 0.341 e. The molecule has 0 aliphatic carbocycles. The summed E-state index contributed by atoms with van der Waals surface area (Å²) in [6.07, 6.45) is 3.50. The number of thiocarbonyl (C=S) groups is 1. The van der Waals surface area contributed by atoms with Gasteiger partial charge in [-0.15, -0.1) is 11.3 Å². The van der Waals surface area contributed by atoms with Gasteiger partial charge in [-0.05, 0) is 63.9 Å². The van der Waals surface area contributed by atoms with Crippen molar-refractivity contribution in [2.75, 3.05) is 11.9 Å². The summed E-state index contributed by atoms with van der Waals surface area (Å²) in [5.41, 5.74) is 1.62. The van der Waals surface area contributed by atoms with E-state index < -0.39 is 0 Å². The largest absolute Gasteiger partial charge is 0.462 e. The van der Waals surface area contributed by atoms with Crippen molar-refractivity contribution in [2.24, 2.45) is 0 Å². The van der Waals surface area contributed by atoms with Crippen LogP contribution >= 0.6 is 23.6 Å². The average molecular weight is 403 g/mol. The molecule has 27 heavy (non-hydrogen) atoms. The third-order valence-electron chi connectivity index (χ3n) is 4.93. The second-order valence-corrected chi connectivity index (χ2v) is 8.35. The SMILES string of the molecule is CCOC(=O)c1cc(-c2ccccc2)sc1NC(=S)N1[C@H](C)CCC[C@@H]1C. The topological polar surface area (TPSA) is 41.6 Å². The van der Waals surface area contributed by atoms with Gasteiger partial charge in [0, 0.05) is 17.0 Å². The zero-order valence-electron chi connectivity index (χ0n) is 16.0. The van der Waals surface area contributed by atoms with E-state index in [2.05, 4.69) is 24.1 Å². The van der Waals surface area contributed by atoms with Gasteiger partial charge in [0.1, 0.15) is 5.00 Å². The summed E-state index contributed by atoms with van der Waals surface area (Å²) < 4.78 is 5.26. The van der Waals surface area contributed by atoms with Crippen molar-refractivity contribution >= 4 is 39.6 Å². The van der Waals surface area contributed by atoms with Gasteiger partial charge in [0.05, 0.1) is 12.2 Å². The standard InChI is InChI=1S/C21H26N2O2S2/c1-4-25-20(24)17-13-18(16-11-6-5-7-12-16)27-19(17)22-21(26)23-14(2)9-8-10-15(23)3/h5-7,11-15H,4,8-10H2,1-3H3,(H,22,26)/t14-,15+. The minimum Gasteiger partial charge on any atom is -0.462 e. The Bertz CT molecular complexity index is 794. The van der Waals surface area contributed by atoms with E-state index in [0.717, 1.165) is 28.3 Å². The molecule has 0 radical (unpaired) electrons. The van der Waals surface area contributed by atoms with Gasteiger partial charge < -0.3 is 15.0 Å². The van der Waals surface area contributed by atoms with Crippen LogP contribution in [0.15, 0.2) is 36.4 Å². The molecule has 0 unspecified atom stereocenters. The van der Waals surface area contributed by atoms with Crippen molar-refractivity contribution in [1.82, 2.24) is 4.90 Å². The van der Waals surface area contributed by atoms with Crippen LogP contribution in [0.3, 0.4) is 0 Å². The first-order valence-corrected chi connectivity index (χ1v) is 10.7. The van der Waals surface area contributed by atoms with Gasteiger partial charge in [0.25, 0.3) is 0 Å². The number of ether oxygens (including phenoxy) is 1. The number of thiophene rings is 1. The summed E-state index contributed by atoms with van der Waals surface area (Å²) in [5, 5.41) is 4.78. The minimum atomic E-state index is -0.319. The van der Waals surface area contributed by atoms with Crippen LogP contribution in [-0.4, -0.2) is 34.7 Å². The van der Waals surface area contributed by atoms with Crippen LogP contribution in [0.25, 0.3) is 10.4 Å². The van der Waals surface area contributed by atoms with Crippen LogP contribution in [-0.2, 0) is 4.74 Å². The number of carbonyl (C=O) groups excluding carboxylic acids is 1. The van der Waals surface area contributed by atoms with E-state index in [0.29, 0.717) is 29.4 Å². The van der Waals surface area contributed by atoms with Crippen LogP contribution in [0.1, 0.15) is 50.4 Å². The summed E-state index contributed by atoms with van der Waals surface area (Å²) in [6.45, 7) is 6.58. The molecular formula is C21H26N2O2S2. The first-order valence-electron chi connectivity index (χ1n) is 9.47. The van der Waals surface area contributed by atoms with Crippen molar-refractivity contribution in [3.8, 4) is 10.4 Å². The molecule has 3 rings (SSSR count). The van der Waals surface area contributed by atoms with E-state index in [1.165, 1.54) is 17.8 Å². The average Bonchev–Trinajstić information content (AvgIpc) is 3.06. The van der Waals surface area contributed by atoms with Crippen LogP contribution in [0.2, 0.25) is 0 Å². The number of carbonyl (C=O) groups is 1. The second-order valence-electron chi connectivity index (χ2n) is 6.91. The normalized spacial score (nSPS) is 19.6. The van der Waals surface area contributed by atoms with Crippen molar-refractivity contribution in [2.45, 2.75) is 52.1 Å². The molecule has 2 aromatic rings.